The number of nitrogens with zero attached hydrogens (tertiary/aromatic N) is 2. The summed E-state index contributed by atoms with van der Waals surface area (Å²) in [6.07, 6.45) is 0.461. The number of anilines is 1. The molecule has 8 nitrogen and oxygen atoms in total. The number of benzene rings is 1. The van der Waals surface area contributed by atoms with Crippen LogP contribution in [-0.2, 0) is 19.1 Å². The van der Waals surface area contributed by atoms with E-state index in [1.807, 2.05) is 6.92 Å². The van der Waals surface area contributed by atoms with Gasteiger partial charge in [-0.1, -0.05) is 6.92 Å². The Hall–Kier alpha value is -2.90. The summed E-state index contributed by atoms with van der Waals surface area (Å²) in [6, 6.07) is 4.93. The van der Waals surface area contributed by atoms with E-state index in [0.717, 1.165) is 6.42 Å². The third-order valence-corrected chi connectivity index (χ3v) is 4.64. The van der Waals surface area contributed by atoms with Gasteiger partial charge in [0.1, 0.15) is 12.3 Å². The number of ether oxygens (including phenoxy) is 2. The molecular weight excluding hydrogens is 376 g/mol. The van der Waals surface area contributed by atoms with Gasteiger partial charge in [0.15, 0.2) is 11.9 Å². The third kappa shape index (κ3) is 5.56. The zero-order chi connectivity index (χ0) is 21.6. The van der Waals surface area contributed by atoms with Gasteiger partial charge < -0.3 is 14.4 Å². The van der Waals surface area contributed by atoms with Crippen molar-refractivity contribution < 1.29 is 28.7 Å². The second kappa shape index (κ2) is 10.0. The van der Waals surface area contributed by atoms with Crippen LogP contribution in [0.3, 0.4) is 0 Å². The minimum atomic E-state index is -0.739. The highest BCUT2D eigenvalue weighted by Crippen LogP contribution is 2.35. The van der Waals surface area contributed by atoms with E-state index in [-0.39, 0.29) is 49.7 Å². The van der Waals surface area contributed by atoms with Crippen molar-refractivity contribution in [2.45, 2.75) is 46.1 Å². The fourth-order valence-corrected chi connectivity index (χ4v) is 2.99. The molecule has 1 aliphatic heterocycles. The topological polar surface area (TPSA) is 93.2 Å². The number of fused-ring (bicyclic) bond motifs is 1. The van der Waals surface area contributed by atoms with E-state index >= 15 is 0 Å². The Morgan fingerprint density at radius 1 is 1.21 bits per heavy atom. The Balaban J connectivity index is 2.18. The second-order valence-electron chi connectivity index (χ2n) is 6.91. The molecule has 0 aliphatic carbocycles. The summed E-state index contributed by atoms with van der Waals surface area (Å²) in [6.45, 7) is 5.52. The van der Waals surface area contributed by atoms with Crippen LogP contribution < -0.4 is 9.64 Å². The molecule has 0 N–H and O–H groups in total. The summed E-state index contributed by atoms with van der Waals surface area (Å²) in [4.78, 5) is 51.8. The molecule has 2 amide bonds. The van der Waals surface area contributed by atoms with Gasteiger partial charge in [-0.3, -0.25) is 24.1 Å². The first-order chi connectivity index (χ1) is 13.8. The molecule has 0 aromatic heterocycles. The van der Waals surface area contributed by atoms with E-state index in [0.29, 0.717) is 23.4 Å². The summed E-state index contributed by atoms with van der Waals surface area (Å²) < 4.78 is 10.5. The van der Waals surface area contributed by atoms with Gasteiger partial charge in [0.25, 0.3) is 5.91 Å². The predicted octanol–water partition coefficient (Wildman–Crippen LogP) is 2.19. The smallest absolute Gasteiger partial charge is 0.307 e. The Morgan fingerprint density at radius 2 is 1.93 bits per heavy atom. The lowest BCUT2D eigenvalue weighted by Crippen LogP contribution is -2.49. The van der Waals surface area contributed by atoms with Crippen molar-refractivity contribution in [1.82, 2.24) is 4.90 Å². The molecule has 0 saturated heterocycles. The quantitative estimate of drug-likeness (QED) is 0.463. The number of ketones is 1. The molecule has 0 fully saturated rings. The van der Waals surface area contributed by atoms with E-state index in [4.69, 9.17) is 9.47 Å². The first-order valence-electron chi connectivity index (χ1n) is 9.83. The molecule has 0 radical (unpaired) electrons. The largest absolute Gasteiger partial charge is 0.479 e. The lowest BCUT2D eigenvalue weighted by atomic mass is 10.0. The third-order valence-electron chi connectivity index (χ3n) is 4.64. The number of hydrogen-bond acceptors (Lipinski definition) is 6. The standard InChI is InChI=1S/C21H28N2O6/c1-5-7-17(24)15-8-9-18-16(12-15)23(21(27)14(3)29-18)13-19(25)22(4)11-10-20(26)28-6-2/h8-9,12,14H,5-7,10-11,13H2,1-4H3. The highest BCUT2D eigenvalue weighted by atomic mass is 16.5. The fraction of sp³-hybridized carbons (Fsp3) is 0.524. The van der Waals surface area contributed by atoms with Crippen LogP contribution in [-0.4, -0.2) is 61.3 Å². The average molecular weight is 404 g/mol. The number of rotatable bonds is 9. The Labute approximate surface area is 170 Å². The highest BCUT2D eigenvalue weighted by Gasteiger charge is 2.34. The van der Waals surface area contributed by atoms with E-state index in [1.54, 1.807) is 39.1 Å². The van der Waals surface area contributed by atoms with Crippen molar-refractivity contribution in [2.24, 2.45) is 0 Å². The van der Waals surface area contributed by atoms with Crippen molar-refractivity contribution in [3.8, 4) is 5.75 Å². The predicted molar refractivity (Wildman–Crippen MR) is 107 cm³/mol. The van der Waals surface area contributed by atoms with Gasteiger partial charge in [0, 0.05) is 25.6 Å². The van der Waals surface area contributed by atoms with E-state index in [1.165, 1.54) is 9.80 Å². The molecule has 1 aromatic carbocycles. The van der Waals surface area contributed by atoms with Crippen molar-refractivity contribution in [1.29, 1.82) is 0 Å². The van der Waals surface area contributed by atoms with Gasteiger partial charge in [0.2, 0.25) is 5.91 Å². The van der Waals surface area contributed by atoms with Gasteiger partial charge in [-0.25, -0.2) is 0 Å². The van der Waals surface area contributed by atoms with Crippen molar-refractivity contribution >= 4 is 29.3 Å². The van der Waals surface area contributed by atoms with E-state index < -0.39 is 6.10 Å². The number of Topliss-reactive ketones (excluding diaryl/α,β-unsaturated/α-hetero) is 1. The number of esters is 1. The molecule has 0 saturated carbocycles. The summed E-state index contributed by atoms with van der Waals surface area (Å²) in [7, 11) is 1.57. The summed E-state index contributed by atoms with van der Waals surface area (Å²) in [5.74, 6) is -0.642. The molecular formula is C21H28N2O6. The maximum atomic E-state index is 12.7. The maximum absolute atomic E-state index is 12.7. The lowest BCUT2D eigenvalue weighted by Gasteiger charge is -2.33. The summed E-state index contributed by atoms with van der Waals surface area (Å²) in [5.41, 5.74) is 0.881. The first kappa shape index (κ1) is 22.4. The van der Waals surface area contributed by atoms with Crippen molar-refractivity contribution in [3.05, 3.63) is 23.8 Å². The molecule has 1 heterocycles. The monoisotopic (exact) mass is 404 g/mol. The number of amides is 2. The second-order valence-corrected chi connectivity index (χ2v) is 6.91. The van der Waals surface area contributed by atoms with Crippen LogP contribution in [0.2, 0.25) is 0 Å². The zero-order valence-electron chi connectivity index (χ0n) is 17.4. The van der Waals surface area contributed by atoms with E-state index in [9.17, 15) is 19.2 Å². The minimum absolute atomic E-state index is 0.0285. The van der Waals surface area contributed by atoms with E-state index in [2.05, 4.69) is 0 Å². The molecule has 8 heteroatoms. The lowest BCUT2D eigenvalue weighted by molar-refractivity contribution is -0.144. The average Bonchev–Trinajstić information content (AvgIpc) is 2.69. The van der Waals surface area contributed by atoms with Crippen LogP contribution in [0, 0.1) is 0 Å². The Kier molecular flexibility index (Phi) is 7.75. The molecule has 29 heavy (non-hydrogen) atoms. The molecule has 1 atom stereocenters. The molecule has 0 bridgehead atoms. The Morgan fingerprint density at radius 3 is 2.59 bits per heavy atom. The molecule has 1 aromatic rings. The van der Waals surface area contributed by atoms with Crippen LogP contribution in [0.15, 0.2) is 18.2 Å². The zero-order valence-corrected chi connectivity index (χ0v) is 17.4. The number of carbonyl (C=O) groups excluding carboxylic acids is 4. The van der Waals surface area contributed by atoms with Gasteiger partial charge in [-0.15, -0.1) is 0 Å². The molecule has 2 rings (SSSR count). The summed E-state index contributed by atoms with van der Waals surface area (Å²) in [5, 5.41) is 0. The van der Waals surface area contributed by atoms with Gasteiger partial charge in [-0.2, -0.15) is 0 Å². The van der Waals surface area contributed by atoms with Crippen LogP contribution in [0.25, 0.3) is 0 Å². The SMILES string of the molecule is CCCC(=O)c1ccc2c(c1)N(CC(=O)N(C)CCC(=O)OCC)C(=O)C(C)O2. The van der Waals surface area contributed by atoms with Gasteiger partial charge >= 0.3 is 5.97 Å². The molecule has 158 valence electrons. The number of likely N-dealkylation sites (N-methyl/N-ethyl adjacent to an activating group) is 1. The normalized spacial score (nSPS) is 15.4. The van der Waals surface area contributed by atoms with Crippen LogP contribution >= 0.6 is 0 Å². The summed E-state index contributed by atoms with van der Waals surface area (Å²) >= 11 is 0. The van der Waals surface area contributed by atoms with Crippen LogP contribution in [0.1, 0.15) is 50.4 Å². The highest BCUT2D eigenvalue weighted by molar-refractivity contribution is 6.05. The number of hydrogen-bond donors (Lipinski definition) is 0. The van der Waals surface area contributed by atoms with Gasteiger partial charge in [-0.05, 0) is 38.5 Å². The maximum Gasteiger partial charge on any atom is 0.307 e. The number of carbonyl (C=O) groups is 4. The van der Waals surface area contributed by atoms with Crippen LogP contribution in [0.4, 0.5) is 5.69 Å². The van der Waals surface area contributed by atoms with Crippen LogP contribution in [0.5, 0.6) is 5.75 Å². The molecule has 1 unspecified atom stereocenters. The van der Waals surface area contributed by atoms with Crippen molar-refractivity contribution in [3.63, 3.8) is 0 Å². The minimum Gasteiger partial charge on any atom is -0.479 e. The first-order valence-corrected chi connectivity index (χ1v) is 9.83. The molecule has 1 aliphatic rings. The van der Waals surface area contributed by atoms with Gasteiger partial charge in [0.05, 0.1) is 18.7 Å². The fourth-order valence-electron chi connectivity index (χ4n) is 2.99. The molecule has 0 spiro atoms. The van der Waals surface area contributed by atoms with Crippen molar-refractivity contribution in [2.75, 3.05) is 31.6 Å². The Bertz CT molecular complexity index is 791.